The third-order valence-electron chi connectivity index (χ3n) is 3.64. The van der Waals surface area contributed by atoms with Gasteiger partial charge in [-0.2, -0.15) is 0 Å². The second-order valence-electron chi connectivity index (χ2n) is 5.24. The highest BCUT2D eigenvalue weighted by Gasteiger charge is 2.22. The highest BCUT2D eigenvalue weighted by Crippen LogP contribution is 2.31. The Morgan fingerprint density at radius 3 is 2.79 bits per heavy atom. The summed E-state index contributed by atoms with van der Waals surface area (Å²) in [5.74, 6) is -1.09. The van der Waals surface area contributed by atoms with Crippen LogP contribution in [0, 0.1) is 15.9 Å². The van der Waals surface area contributed by atoms with Crippen LogP contribution in [0.3, 0.4) is 0 Å². The van der Waals surface area contributed by atoms with E-state index in [4.69, 9.17) is 4.74 Å². The van der Waals surface area contributed by atoms with Gasteiger partial charge in [-0.05, 0) is 35.9 Å². The molecule has 0 saturated carbocycles. The summed E-state index contributed by atoms with van der Waals surface area (Å²) in [7, 11) is 0. The number of ketones is 1. The highest BCUT2D eigenvalue weighted by atomic mass is 19.1. The number of rotatable bonds is 2. The van der Waals surface area contributed by atoms with Gasteiger partial charge in [-0.25, -0.2) is 4.39 Å². The number of aromatic hydroxyl groups is 1. The zero-order valence-electron chi connectivity index (χ0n) is 12.4. The number of ether oxygens (including phenoxy) is 1. The average Bonchev–Trinajstić information content (AvgIpc) is 2.69. The lowest BCUT2D eigenvalue weighted by Crippen LogP contribution is -2.02. The Morgan fingerprint density at radius 1 is 1.25 bits per heavy atom. The fourth-order valence-corrected chi connectivity index (χ4v) is 2.48. The molecule has 2 aromatic carbocycles. The predicted molar refractivity (Wildman–Crippen MR) is 83.6 cm³/mol. The lowest BCUT2D eigenvalue weighted by molar-refractivity contribution is -0.385. The van der Waals surface area contributed by atoms with Crippen LogP contribution >= 0.6 is 0 Å². The largest absolute Gasteiger partial charge is 0.502 e. The Kier molecular flexibility index (Phi) is 3.99. The smallest absolute Gasteiger partial charge is 0.311 e. The first kappa shape index (κ1) is 15.7. The highest BCUT2D eigenvalue weighted by molar-refractivity contribution is 6.13. The van der Waals surface area contributed by atoms with Crippen molar-refractivity contribution < 1.29 is 24.0 Å². The van der Waals surface area contributed by atoms with Gasteiger partial charge < -0.3 is 9.84 Å². The molecule has 1 aliphatic rings. The van der Waals surface area contributed by atoms with Crippen LogP contribution in [0.5, 0.6) is 11.5 Å². The molecule has 0 aromatic heterocycles. The Bertz CT molecular complexity index is 875. The Labute approximate surface area is 136 Å². The number of fused-ring (bicyclic) bond motifs is 1. The van der Waals surface area contributed by atoms with Crippen LogP contribution < -0.4 is 4.74 Å². The quantitative estimate of drug-likeness (QED) is 0.517. The summed E-state index contributed by atoms with van der Waals surface area (Å²) >= 11 is 0. The standard InChI is InChI=1S/C17H12FNO5/c18-12-2-4-16-13(9-12)17(21)11(5-6-24-16)7-10-1-3-15(20)14(8-10)19(22)23/h1-4,7-9,20H,5-6H2. The molecule has 0 radical (unpaired) electrons. The lowest BCUT2D eigenvalue weighted by atomic mass is 9.98. The molecule has 7 heteroatoms. The maximum absolute atomic E-state index is 13.4. The molecule has 6 nitrogen and oxygen atoms in total. The molecule has 1 heterocycles. The summed E-state index contributed by atoms with van der Waals surface area (Å²) < 4.78 is 18.9. The second kappa shape index (κ2) is 6.11. The van der Waals surface area contributed by atoms with Crippen molar-refractivity contribution in [2.24, 2.45) is 0 Å². The maximum Gasteiger partial charge on any atom is 0.311 e. The molecule has 1 aliphatic heterocycles. The number of halogens is 1. The summed E-state index contributed by atoms with van der Waals surface area (Å²) in [6.07, 6.45) is 1.77. The van der Waals surface area contributed by atoms with Gasteiger partial charge in [-0.15, -0.1) is 0 Å². The number of Topliss-reactive ketones (excluding diaryl/α,β-unsaturated/α-hetero) is 1. The van der Waals surface area contributed by atoms with E-state index >= 15 is 0 Å². The molecular weight excluding hydrogens is 317 g/mol. The minimum absolute atomic E-state index is 0.118. The van der Waals surface area contributed by atoms with Gasteiger partial charge in [-0.3, -0.25) is 14.9 Å². The fraction of sp³-hybridized carbons (Fsp3) is 0.118. The van der Waals surface area contributed by atoms with Crippen molar-refractivity contribution in [1.29, 1.82) is 0 Å². The topological polar surface area (TPSA) is 89.7 Å². The van der Waals surface area contributed by atoms with Gasteiger partial charge in [-0.1, -0.05) is 6.07 Å². The molecule has 3 rings (SSSR count). The van der Waals surface area contributed by atoms with Crippen LogP contribution in [-0.2, 0) is 0 Å². The first-order valence-corrected chi connectivity index (χ1v) is 7.11. The van der Waals surface area contributed by atoms with Crippen LogP contribution in [0.4, 0.5) is 10.1 Å². The molecule has 24 heavy (non-hydrogen) atoms. The van der Waals surface area contributed by atoms with E-state index in [1.165, 1.54) is 36.4 Å². The van der Waals surface area contributed by atoms with E-state index in [1.54, 1.807) is 0 Å². The van der Waals surface area contributed by atoms with Gasteiger partial charge in [0.2, 0.25) is 0 Å². The molecule has 0 aliphatic carbocycles. The van der Waals surface area contributed by atoms with E-state index in [-0.39, 0.29) is 18.6 Å². The van der Waals surface area contributed by atoms with Crippen molar-refractivity contribution in [3.8, 4) is 11.5 Å². The van der Waals surface area contributed by atoms with Crippen molar-refractivity contribution in [2.45, 2.75) is 6.42 Å². The lowest BCUT2D eigenvalue weighted by Gasteiger charge is -2.05. The van der Waals surface area contributed by atoms with Gasteiger partial charge in [0.25, 0.3) is 0 Å². The number of nitro groups is 1. The first-order chi connectivity index (χ1) is 11.5. The van der Waals surface area contributed by atoms with Gasteiger partial charge in [0.05, 0.1) is 17.1 Å². The van der Waals surface area contributed by atoms with Crippen molar-refractivity contribution in [2.75, 3.05) is 6.61 Å². The summed E-state index contributed by atoms with van der Waals surface area (Å²) in [4.78, 5) is 22.8. The zero-order valence-corrected chi connectivity index (χ0v) is 12.4. The van der Waals surface area contributed by atoms with Crippen LogP contribution in [-0.4, -0.2) is 22.4 Å². The van der Waals surface area contributed by atoms with Gasteiger partial charge in [0.1, 0.15) is 11.6 Å². The minimum atomic E-state index is -0.708. The minimum Gasteiger partial charge on any atom is -0.502 e. The third-order valence-corrected chi connectivity index (χ3v) is 3.64. The molecule has 0 bridgehead atoms. The maximum atomic E-state index is 13.4. The average molecular weight is 329 g/mol. The Balaban J connectivity index is 2.03. The van der Waals surface area contributed by atoms with E-state index in [2.05, 4.69) is 0 Å². The van der Waals surface area contributed by atoms with E-state index in [9.17, 15) is 24.4 Å². The molecule has 1 N–H and O–H groups in total. The second-order valence-corrected chi connectivity index (χ2v) is 5.24. The number of phenolic OH excluding ortho intramolecular Hbond substituents is 1. The Hall–Kier alpha value is -3.22. The van der Waals surface area contributed by atoms with E-state index in [0.29, 0.717) is 16.9 Å². The van der Waals surface area contributed by atoms with Crippen molar-refractivity contribution >= 4 is 17.5 Å². The molecule has 0 atom stereocenters. The number of nitrogens with zero attached hydrogens (tertiary/aromatic N) is 1. The van der Waals surface area contributed by atoms with Gasteiger partial charge >= 0.3 is 5.69 Å². The predicted octanol–water partition coefficient (Wildman–Crippen LogP) is 3.49. The van der Waals surface area contributed by atoms with E-state index in [0.717, 1.165) is 6.07 Å². The molecule has 0 spiro atoms. The number of carbonyl (C=O) groups is 1. The van der Waals surface area contributed by atoms with E-state index in [1.807, 2.05) is 0 Å². The van der Waals surface area contributed by atoms with Crippen LogP contribution in [0.25, 0.3) is 6.08 Å². The van der Waals surface area contributed by atoms with Crippen LogP contribution in [0.15, 0.2) is 42.0 Å². The molecule has 0 fully saturated rings. The number of carbonyl (C=O) groups excluding carboxylic acids is 1. The molecule has 122 valence electrons. The Morgan fingerprint density at radius 2 is 2.04 bits per heavy atom. The number of benzene rings is 2. The normalized spacial score (nSPS) is 15.5. The third kappa shape index (κ3) is 2.96. The van der Waals surface area contributed by atoms with E-state index < -0.39 is 28.0 Å². The van der Waals surface area contributed by atoms with Gasteiger partial charge in [0, 0.05) is 18.1 Å². The molecule has 0 saturated heterocycles. The molecule has 0 unspecified atom stereocenters. The summed E-state index contributed by atoms with van der Waals surface area (Å²) in [6, 6.07) is 7.54. The SMILES string of the molecule is O=C1C(=Cc2ccc(O)c([N+](=O)[O-])c2)CCOc2ccc(F)cc21. The van der Waals surface area contributed by atoms with Crippen molar-refractivity contribution in [1.82, 2.24) is 0 Å². The number of hydrogen-bond acceptors (Lipinski definition) is 5. The van der Waals surface area contributed by atoms with Crippen molar-refractivity contribution in [3.63, 3.8) is 0 Å². The van der Waals surface area contributed by atoms with Crippen LogP contribution in [0.2, 0.25) is 0 Å². The first-order valence-electron chi connectivity index (χ1n) is 7.11. The molecule has 2 aromatic rings. The van der Waals surface area contributed by atoms with Crippen LogP contribution in [0.1, 0.15) is 22.3 Å². The zero-order chi connectivity index (χ0) is 17.3. The summed E-state index contributed by atoms with van der Waals surface area (Å²) in [5, 5.41) is 20.4. The summed E-state index contributed by atoms with van der Waals surface area (Å²) in [6.45, 7) is 0.233. The summed E-state index contributed by atoms with van der Waals surface area (Å²) in [5.41, 5.74) is 0.405. The monoisotopic (exact) mass is 329 g/mol. The number of phenols is 1. The van der Waals surface area contributed by atoms with Crippen molar-refractivity contribution in [3.05, 3.63) is 69.0 Å². The number of nitro benzene ring substituents is 1. The van der Waals surface area contributed by atoms with Gasteiger partial charge in [0.15, 0.2) is 11.5 Å². The number of hydrogen-bond donors (Lipinski definition) is 1. The molecular formula is C17H12FNO5. The molecule has 0 amide bonds. The fourth-order valence-electron chi connectivity index (χ4n) is 2.48.